The molecule has 6 nitrogen and oxygen atoms in total. The zero-order valence-corrected chi connectivity index (χ0v) is 16.0. The zero-order valence-electron chi connectivity index (χ0n) is 16.0. The fourth-order valence-corrected chi connectivity index (χ4v) is 4.68. The predicted molar refractivity (Wildman–Crippen MR) is 106 cm³/mol. The monoisotopic (exact) mass is 376 g/mol. The van der Waals surface area contributed by atoms with Crippen molar-refractivity contribution in [3.63, 3.8) is 0 Å². The number of fused-ring (bicyclic) bond motifs is 4. The Bertz CT molecular complexity index is 1040. The van der Waals surface area contributed by atoms with E-state index in [-0.39, 0.29) is 5.56 Å². The molecule has 3 aromatic rings. The predicted octanol–water partition coefficient (Wildman–Crippen LogP) is 3.08. The maximum absolute atomic E-state index is 12.8. The van der Waals surface area contributed by atoms with Crippen LogP contribution in [-0.4, -0.2) is 32.7 Å². The first-order valence-electron chi connectivity index (χ1n) is 10.0. The molecular weight excluding hydrogens is 352 g/mol. The number of aromatic nitrogens is 3. The van der Waals surface area contributed by atoms with E-state index < -0.39 is 0 Å². The second-order valence-corrected chi connectivity index (χ2v) is 7.93. The van der Waals surface area contributed by atoms with Crippen molar-refractivity contribution in [2.45, 2.75) is 38.8 Å². The van der Waals surface area contributed by atoms with Crippen LogP contribution in [0.2, 0.25) is 0 Å². The Morgan fingerprint density at radius 3 is 2.75 bits per heavy atom. The molecule has 0 spiro atoms. The van der Waals surface area contributed by atoms with Crippen LogP contribution in [0.3, 0.4) is 0 Å². The number of nitrogens with zero attached hydrogens (tertiary/aromatic N) is 4. The molecule has 1 aromatic carbocycles. The van der Waals surface area contributed by atoms with E-state index in [9.17, 15) is 4.79 Å². The Labute approximate surface area is 163 Å². The minimum atomic E-state index is 0.116. The lowest BCUT2D eigenvalue weighted by Gasteiger charge is -2.42. The van der Waals surface area contributed by atoms with Gasteiger partial charge in [0.15, 0.2) is 5.82 Å². The summed E-state index contributed by atoms with van der Waals surface area (Å²) in [6.45, 7) is 5.41. The van der Waals surface area contributed by atoms with Crippen LogP contribution >= 0.6 is 0 Å². The van der Waals surface area contributed by atoms with Gasteiger partial charge in [-0.25, -0.2) is 0 Å². The number of aryl methyl sites for hydroxylation is 1. The first-order chi connectivity index (χ1) is 13.7. The number of rotatable bonds is 4. The largest absolute Gasteiger partial charge is 0.339 e. The molecule has 1 fully saturated rings. The lowest BCUT2D eigenvalue weighted by molar-refractivity contribution is 0.111. The van der Waals surface area contributed by atoms with E-state index in [1.807, 2.05) is 29.7 Å². The quantitative estimate of drug-likeness (QED) is 0.700. The van der Waals surface area contributed by atoms with Crippen molar-refractivity contribution in [3.05, 3.63) is 70.2 Å². The van der Waals surface area contributed by atoms with Crippen molar-refractivity contribution >= 4 is 0 Å². The highest BCUT2D eigenvalue weighted by Gasteiger charge is 2.35. The van der Waals surface area contributed by atoms with Crippen LogP contribution in [0.4, 0.5) is 0 Å². The first-order valence-corrected chi connectivity index (χ1v) is 10.0. The van der Waals surface area contributed by atoms with Gasteiger partial charge >= 0.3 is 0 Å². The number of hydrogen-bond donors (Lipinski definition) is 0. The second-order valence-electron chi connectivity index (χ2n) is 7.93. The van der Waals surface area contributed by atoms with Crippen molar-refractivity contribution in [2.75, 3.05) is 13.1 Å². The summed E-state index contributed by atoms with van der Waals surface area (Å²) >= 11 is 0. The molecule has 2 bridgehead atoms. The molecule has 28 heavy (non-hydrogen) atoms. The molecule has 0 saturated carbocycles. The van der Waals surface area contributed by atoms with E-state index in [0.29, 0.717) is 24.3 Å². The summed E-state index contributed by atoms with van der Waals surface area (Å²) in [6, 6.07) is 14.1. The van der Waals surface area contributed by atoms with Gasteiger partial charge < -0.3 is 9.09 Å². The van der Waals surface area contributed by atoms with E-state index in [2.05, 4.69) is 33.2 Å². The normalized spacial score (nSPS) is 21.5. The minimum Gasteiger partial charge on any atom is -0.339 e. The van der Waals surface area contributed by atoms with Crippen LogP contribution in [-0.2, 0) is 19.5 Å². The zero-order chi connectivity index (χ0) is 19.1. The van der Waals surface area contributed by atoms with Gasteiger partial charge in [-0.05, 0) is 29.5 Å². The molecular formula is C22H24N4O2. The average molecular weight is 376 g/mol. The molecule has 2 aliphatic heterocycles. The highest BCUT2D eigenvalue weighted by molar-refractivity contribution is 5.63. The Hall–Kier alpha value is -2.73. The number of likely N-dealkylation sites (tertiary alicyclic amines) is 1. The van der Waals surface area contributed by atoms with Crippen LogP contribution in [0, 0.1) is 5.92 Å². The molecule has 0 amide bonds. The summed E-state index contributed by atoms with van der Waals surface area (Å²) in [5.74, 6) is 2.30. The maximum Gasteiger partial charge on any atom is 0.251 e. The molecule has 0 unspecified atom stereocenters. The van der Waals surface area contributed by atoms with Crippen molar-refractivity contribution in [1.29, 1.82) is 0 Å². The molecule has 2 atom stereocenters. The third-order valence-electron chi connectivity index (χ3n) is 5.92. The molecule has 0 radical (unpaired) electrons. The molecule has 144 valence electrons. The van der Waals surface area contributed by atoms with Gasteiger partial charge in [0.1, 0.15) is 0 Å². The number of piperidine rings is 1. The third-order valence-corrected chi connectivity index (χ3v) is 5.92. The van der Waals surface area contributed by atoms with Gasteiger partial charge in [0.25, 0.3) is 5.56 Å². The van der Waals surface area contributed by atoms with Gasteiger partial charge in [-0.3, -0.25) is 9.69 Å². The van der Waals surface area contributed by atoms with Gasteiger partial charge in [0.2, 0.25) is 5.89 Å². The Morgan fingerprint density at radius 2 is 1.96 bits per heavy atom. The summed E-state index contributed by atoms with van der Waals surface area (Å²) in [5, 5.41) is 4.10. The molecule has 6 heteroatoms. The molecule has 4 heterocycles. The molecule has 0 N–H and O–H groups in total. The van der Waals surface area contributed by atoms with Crippen LogP contribution in [0.1, 0.15) is 36.7 Å². The van der Waals surface area contributed by atoms with Gasteiger partial charge in [0, 0.05) is 43.7 Å². The lowest BCUT2D eigenvalue weighted by atomic mass is 9.82. The SMILES string of the molecule is CCc1nc(CN2C[C@@H]3C[C@H](C2)c2cc(-c4ccccc4)cc(=O)n2C3)no1. The topological polar surface area (TPSA) is 64.2 Å². The summed E-state index contributed by atoms with van der Waals surface area (Å²) in [6.07, 6.45) is 1.90. The molecule has 5 rings (SSSR count). The standard InChI is InChI=1S/C22H24N4O2/c1-2-21-23-20(24-28-21)14-25-11-15-8-18(13-25)19-9-17(10-22(27)26(19)12-15)16-6-4-3-5-7-16/h3-7,9-10,15,18H,2,8,11-14H2,1H3/t15-,18+/m0/s1. The van der Waals surface area contributed by atoms with Crippen LogP contribution < -0.4 is 5.56 Å². The fourth-order valence-electron chi connectivity index (χ4n) is 4.68. The number of pyridine rings is 1. The highest BCUT2D eigenvalue weighted by atomic mass is 16.5. The van der Waals surface area contributed by atoms with E-state index in [1.165, 1.54) is 0 Å². The molecule has 2 aromatic heterocycles. The van der Waals surface area contributed by atoms with E-state index >= 15 is 0 Å². The molecule has 2 aliphatic rings. The summed E-state index contributed by atoms with van der Waals surface area (Å²) < 4.78 is 7.25. The average Bonchev–Trinajstić information content (AvgIpc) is 3.17. The van der Waals surface area contributed by atoms with Gasteiger partial charge in [0.05, 0.1) is 6.54 Å². The van der Waals surface area contributed by atoms with Gasteiger partial charge in [-0.15, -0.1) is 0 Å². The fraction of sp³-hybridized carbons (Fsp3) is 0.409. The van der Waals surface area contributed by atoms with Crippen molar-refractivity contribution in [2.24, 2.45) is 5.92 Å². The maximum atomic E-state index is 12.8. The Kier molecular flexibility index (Phi) is 4.36. The van der Waals surface area contributed by atoms with Gasteiger partial charge in [-0.2, -0.15) is 4.98 Å². The van der Waals surface area contributed by atoms with E-state index in [1.54, 1.807) is 6.07 Å². The summed E-state index contributed by atoms with van der Waals surface area (Å²) in [4.78, 5) is 19.7. The van der Waals surface area contributed by atoms with Crippen LogP contribution in [0.5, 0.6) is 0 Å². The lowest BCUT2D eigenvalue weighted by Crippen LogP contribution is -2.46. The summed E-state index contributed by atoms with van der Waals surface area (Å²) in [7, 11) is 0. The Balaban J connectivity index is 1.43. The third kappa shape index (κ3) is 3.18. The first kappa shape index (κ1) is 17.4. The number of hydrogen-bond acceptors (Lipinski definition) is 5. The molecule has 0 aliphatic carbocycles. The van der Waals surface area contributed by atoms with E-state index in [0.717, 1.165) is 55.1 Å². The molecule has 1 saturated heterocycles. The smallest absolute Gasteiger partial charge is 0.251 e. The summed E-state index contributed by atoms with van der Waals surface area (Å²) in [5.41, 5.74) is 3.38. The van der Waals surface area contributed by atoms with Crippen molar-refractivity contribution < 1.29 is 4.52 Å². The Morgan fingerprint density at radius 1 is 1.11 bits per heavy atom. The van der Waals surface area contributed by atoms with Gasteiger partial charge in [-0.1, -0.05) is 42.4 Å². The highest BCUT2D eigenvalue weighted by Crippen LogP contribution is 2.36. The second kappa shape index (κ2) is 7.02. The van der Waals surface area contributed by atoms with Crippen LogP contribution in [0.25, 0.3) is 11.1 Å². The van der Waals surface area contributed by atoms with E-state index in [4.69, 9.17) is 4.52 Å². The van der Waals surface area contributed by atoms with Crippen molar-refractivity contribution in [1.82, 2.24) is 19.6 Å². The number of benzene rings is 1. The minimum absolute atomic E-state index is 0.116. The van der Waals surface area contributed by atoms with Crippen LogP contribution in [0.15, 0.2) is 51.8 Å². The van der Waals surface area contributed by atoms with Crippen molar-refractivity contribution in [3.8, 4) is 11.1 Å².